The van der Waals surface area contributed by atoms with Crippen LogP contribution < -0.4 is 0 Å². The van der Waals surface area contributed by atoms with Crippen LogP contribution in [0.2, 0.25) is 0 Å². The van der Waals surface area contributed by atoms with Gasteiger partial charge in [-0.25, -0.2) is 13.2 Å². The van der Waals surface area contributed by atoms with Crippen LogP contribution in [-0.2, 0) is 0 Å². The van der Waals surface area contributed by atoms with Crippen LogP contribution in [0.4, 0.5) is 13.2 Å². The van der Waals surface area contributed by atoms with Gasteiger partial charge in [0.25, 0.3) is 0 Å². The van der Waals surface area contributed by atoms with Crippen molar-refractivity contribution in [3.05, 3.63) is 29.1 Å². The summed E-state index contributed by atoms with van der Waals surface area (Å²) >= 11 is 5.77. The van der Waals surface area contributed by atoms with E-state index >= 15 is 0 Å². The minimum absolute atomic E-state index is 0.0357. The molecule has 0 nitrogen and oxygen atoms in total. The molecule has 12 heavy (non-hydrogen) atoms. The van der Waals surface area contributed by atoms with Gasteiger partial charge in [0, 0.05) is 0 Å². The summed E-state index contributed by atoms with van der Waals surface area (Å²) in [4.78, 5) is 0. The van der Waals surface area contributed by atoms with Gasteiger partial charge in [-0.15, -0.1) is 0 Å². The quantitative estimate of drug-likeness (QED) is 0.310. The Bertz CT molecular complexity index is 235. The zero-order valence-corrected chi connectivity index (χ0v) is 11.2. The second kappa shape index (κ2) is 3.99. The lowest BCUT2D eigenvalue weighted by molar-refractivity contribution is 0.479. The van der Waals surface area contributed by atoms with Crippen LogP contribution in [0.1, 0.15) is 0 Å². The molecular formula is C6BrF3I2. The van der Waals surface area contributed by atoms with Crippen LogP contribution in [0.5, 0.6) is 0 Å². The smallest absolute Gasteiger partial charge is 0.176 e. The molecule has 0 aromatic heterocycles. The molecule has 0 fully saturated rings. The molecule has 1 rings (SSSR count). The molecule has 0 bridgehead atoms. The van der Waals surface area contributed by atoms with Crippen LogP contribution in [-0.4, -0.2) is 0 Å². The van der Waals surface area contributed by atoms with Gasteiger partial charge in [-0.1, -0.05) is 0 Å². The fourth-order valence-corrected chi connectivity index (χ4v) is 2.30. The molecule has 66 valence electrons. The third-order valence-electron chi connectivity index (χ3n) is 1.16. The van der Waals surface area contributed by atoms with Crippen LogP contribution in [0.25, 0.3) is 0 Å². The largest absolute Gasteiger partial charge is 0.204 e. The van der Waals surface area contributed by atoms with E-state index in [-0.39, 0.29) is 11.6 Å². The van der Waals surface area contributed by atoms with E-state index in [1.807, 2.05) is 0 Å². The summed E-state index contributed by atoms with van der Waals surface area (Å²) in [5, 5.41) is 0. The van der Waals surface area contributed by atoms with Crippen LogP contribution >= 0.6 is 61.1 Å². The maximum Gasteiger partial charge on any atom is 0.176 e. The Morgan fingerprint density at radius 2 is 1.25 bits per heavy atom. The molecule has 0 atom stereocenters. The van der Waals surface area contributed by atoms with Gasteiger partial charge in [-0.05, 0) is 61.1 Å². The Balaban J connectivity index is 3.60. The monoisotopic (exact) mass is 462 g/mol. The Labute approximate surface area is 102 Å². The third-order valence-corrected chi connectivity index (χ3v) is 4.60. The van der Waals surface area contributed by atoms with Crippen LogP contribution in [0.3, 0.4) is 0 Å². The highest BCUT2D eigenvalue weighted by molar-refractivity contribution is 14.1. The Morgan fingerprint density at radius 1 is 0.833 bits per heavy atom. The fourth-order valence-electron chi connectivity index (χ4n) is 0.578. The summed E-state index contributed by atoms with van der Waals surface area (Å²) in [5.74, 6) is -2.92. The van der Waals surface area contributed by atoms with Crippen molar-refractivity contribution >= 4 is 61.1 Å². The molecule has 0 heterocycles. The van der Waals surface area contributed by atoms with Crippen molar-refractivity contribution in [2.45, 2.75) is 0 Å². The van der Waals surface area contributed by atoms with Crippen LogP contribution in [0, 0.1) is 24.6 Å². The lowest BCUT2D eigenvalue weighted by atomic mass is 10.3. The third kappa shape index (κ3) is 1.74. The number of halogens is 6. The van der Waals surface area contributed by atoms with Crippen molar-refractivity contribution < 1.29 is 13.2 Å². The van der Waals surface area contributed by atoms with Crippen molar-refractivity contribution in [2.24, 2.45) is 0 Å². The molecule has 0 spiro atoms. The standard InChI is InChI=1S/C6BrF3I2/c7-1-2(8)6(12)4(10)3(9)5(1)11. The van der Waals surface area contributed by atoms with Crippen molar-refractivity contribution in [3.63, 3.8) is 0 Å². The summed E-state index contributed by atoms with van der Waals surface area (Å²) in [7, 11) is 0. The van der Waals surface area contributed by atoms with Gasteiger partial charge in [0.15, 0.2) is 17.5 Å². The molecule has 0 aliphatic rings. The van der Waals surface area contributed by atoms with Gasteiger partial charge in [0.05, 0.1) is 11.6 Å². The van der Waals surface area contributed by atoms with Gasteiger partial charge in [-0.2, -0.15) is 0 Å². The molecule has 0 saturated heterocycles. The first-order valence-electron chi connectivity index (χ1n) is 2.63. The molecule has 1 aromatic carbocycles. The van der Waals surface area contributed by atoms with E-state index in [4.69, 9.17) is 0 Å². The predicted molar refractivity (Wildman–Crippen MR) is 59.4 cm³/mol. The SMILES string of the molecule is Fc1c(F)c(I)c(Br)c(F)c1I. The van der Waals surface area contributed by atoms with Crippen LogP contribution in [0.15, 0.2) is 4.47 Å². The van der Waals surface area contributed by atoms with Gasteiger partial charge >= 0.3 is 0 Å². The average molecular weight is 463 g/mol. The maximum absolute atomic E-state index is 13.0. The van der Waals surface area contributed by atoms with E-state index in [0.717, 1.165) is 0 Å². The van der Waals surface area contributed by atoms with Crippen molar-refractivity contribution in [2.75, 3.05) is 0 Å². The highest BCUT2D eigenvalue weighted by Crippen LogP contribution is 2.30. The summed E-state index contributed by atoms with van der Waals surface area (Å²) in [6.07, 6.45) is 0. The zero-order valence-electron chi connectivity index (χ0n) is 5.27. The second-order valence-electron chi connectivity index (χ2n) is 1.88. The fraction of sp³-hybridized carbons (Fsp3) is 0. The van der Waals surface area contributed by atoms with Crippen molar-refractivity contribution in [1.29, 1.82) is 0 Å². The zero-order chi connectivity index (χ0) is 9.46. The number of hydrogen-bond donors (Lipinski definition) is 0. The normalized spacial score (nSPS) is 10.5. The molecular weight excluding hydrogens is 463 g/mol. The summed E-state index contributed by atoms with van der Waals surface area (Å²) in [6, 6.07) is 0. The average Bonchev–Trinajstić information content (AvgIpc) is 2.08. The minimum atomic E-state index is -1.14. The lowest BCUT2D eigenvalue weighted by Crippen LogP contribution is -1.99. The van der Waals surface area contributed by atoms with Gasteiger partial charge in [0.1, 0.15) is 0 Å². The summed E-state index contributed by atoms with van der Waals surface area (Å²) < 4.78 is 38.1. The molecule has 6 heteroatoms. The van der Waals surface area contributed by atoms with Crippen molar-refractivity contribution in [3.8, 4) is 0 Å². The first kappa shape index (κ1) is 11.0. The highest BCUT2D eigenvalue weighted by Gasteiger charge is 2.20. The summed E-state index contributed by atoms with van der Waals surface area (Å²) in [5.41, 5.74) is 0. The van der Waals surface area contributed by atoms with E-state index < -0.39 is 17.5 Å². The Morgan fingerprint density at radius 3 is 1.75 bits per heavy atom. The molecule has 0 unspecified atom stereocenters. The molecule has 0 aliphatic carbocycles. The molecule has 1 aromatic rings. The number of hydrogen-bond acceptors (Lipinski definition) is 0. The Kier molecular flexibility index (Phi) is 3.67. The first-order chi connectivity index (χ1) is 5.46. The second-order valence-corrected chi connectivity index (χ2v) is 4.83. The van der Waals surface area contributed by atoms with E-state index in [2.05, 4.69) is 15.9 Å². The number of benzene rings is 1. The molecule has 0 amide bonds. The first-order valence-corrected chi connectivity index (χ1v) is 5.58. The predicted octanol–water partition coefficient (Wildman–Crippen LogP) is 4.08. The van der Waals surface area contributed by atoms with E-state index in [1.165, 1.54) is 45.2 Å². The van der Waals surface area contributed by atoms with Crippen molar-refractivity contribution in [1.82, 2.24) is 0 Å². The molecule has 0 saturated carbocycles. The summed E-state index contributed by atoms with van der Waals surface area (Å²) in [6.45, 7) is 0. The van der Waals surface area contributed by atoms with E-state index in [1.54, 1.807) is 0 Å². The topological polar surface area (TPSA) is 0 Å². The molecule has 0 radical (unpaired) electrons. The maximum atomic E-state index is 13.0. The van der Waals surface area contributed by atoms with Gasteiger partial charge < -0.3 is 0 Å². The van der Waals surface area contributed by atoms with E-state index in [0.29, 0.717) is 0 Å². The Hall–Kier alpha value is 0.950. The minimum Gasteiger partial charge on any atom is -0.204 e. The highest BCUT2D eigenvalue weighted by atomic mass is 127. The molecule has 0 N–H and O–H groups in total. The van der Waals surface area contributed by atoms with Gasteiger partial charge in [0.2, 0.25) is 0 Å². The van der Waals surface area contributed by atoms with Gasteiger partial charge in [-0.3, -0.25) is 0 Å². The van der Waals surface area contributed by atoms with E-state index in [9.17, 15) is 13.2 Å². The molecule has 0 aliphatic heterocycles. The lowest BCUT2D eigenvalue weighted by Gasteiger charge is -2.03. The number of rotatable bonds is 0.